The largest absolute Gasteiger partial charge is 0.381 e. The Morgan fingerprint density at radius 1 is 1.29 bits per heavy atom. The van der Waals surface area contributed by atoms with Crippen LogP contribution in [0, 0.1) is 17.7 Å². The third-order valence-electron chi connectivity index (χ3n) is 6.68. The molecule has 166 valence electrons. The molecule has 1 aromatic carbocycles. The van der Waals surface area contributed by atoms with E-state index < -0.39 is 0 Å². The highest BCUT2D eigenvalue weighted by Crippen LogP contribution is 2.31. The summed E-state index contributed by atoms with van der Waals surface area (Å²) >= 11 is 6.25. The zero-order valence-corrected chi connectivity index (χ0v) is 18.3. The van der Waals surface area contributed by atoms with Gasteiger partial charge in [-0.05, 0) is 42.5 Å². The smallest absolute Gasteiger partial charge is 0.329 e. The molecule has 2 fully saturated rings. The second-order valence-corrected chi connectivity index (χ2v) is 9.26. The second kappa shape index (κ2) is 8.41. The fourth-order valence-corrected chi connectivity index (χ4v) is 5.13. The zero-order chi connectivity index (χ0) is 21.5. The van der Waals surface area contributed by atoms with E-state index in [0.29, 0.717) is 36.0 Å². The van der Waals surface area contributed by atoms with Crippen LogP contribution in [-0.2, 0) is 11.3 Å². The van der Waals surface area contributed by atoms with E-state index in [-0.39, 0.29) is 17.8 Å². The van der Waals surface area contributed by atoms with Crippen molar-refractivity contribution in [3.63, 3.8) is 0 Å². The van der Waals surface area contributed by atoms with E-state index in [0.717, 1.165) is 50.5 Å². The predicted molar refractivity (Wildman–Crippen MR) is 116 cm³/mol. The molecule has 4 aliphatic heterocycles. The number of carbonyl (C=O) groups excluding carboxylic acids is 1. The van der Waals surface area contributed by atoms with Crippen molar-refractivity contribution in [1.82, 2.24) is 20.0 Å². The van der Waals surface area contributed by atoms with Crippen LogP contribution in [-0.4, -0.2) is 65.6 Å². The first kappa shape index (κ1) is 20.7. The summed E-state index contributed by atoms with van der Waals surface area (Å²) in [5.74, 6) is 1.57. The Bertz CT molecular complexity index is 932. The fraction of sp³-hybridized carbons (Fsp3) is 0.545. The van der Waals surface area contributed by atoms with Crippen molar-refractivity contribution in [2.45, 2.75) is 32.4 Å². The number of ether oxygens (including phenoxy) is 1. The van der Waals surface area contributed by atoms with Crippen molar-refractivity contribution >= 4 is 23.5 Å². The number of nitrogens with one attached hydrogen (secondary N) is 1. The SMILES string of the molecule is CC1CN(Cc2cc(F)ccc2Cl)CC1C1=NC2=CN(C3CCOCC3)CN2C(=O)N1. The highest BCUT2D eigenvalue weighted by molar-refractivity contribution is 6.31. The Morgan fingerprint density at radius 2 is 2.10 bits per heavy atom. The molecule has 31 heavy (non-hydrogen) atoms. The first-order valence-electron chi connectivity index (χ1n) is 10.9. The lowest BCUT2D eigenvalue weighted by Gasteiger charge is -2.32. The van der Waals surface area contributed by atoms with Crippen LogP contribution in [0.4, 0.5) is 9.18 Å². The van der Waals surface area contributed by atoms with E-state index in [4.69, 9.17) is 21.3 Å². The Labute approximate surface area is 186 Å². The van der Waals surface area contributed by atoms with Gasteiger partial charge < -0.3 is 9.64 Å². The predicted octanol–water partition coefficient (Wildman–Crippen LogP) is 3.22. The lowest BCUT2D eigenvalue weighted by atomic mass is 9.96. The summed E-state index contributed by atoms with van der Waals surface area (Å²) in [6.45, 7) is 6.37. The van der Waals surface area contributed by atoms with Gasteiger partial charge in [0.25, 0.3) is 0 Å². The average Bonchev–Trinajstić information content (AvgIpc) is 3.35. The van der Waals surface area contributed by atoms with Crippen LogP contribution in [0.5, 0.6) is 0 Å². The lowest BCUT2D eigenvalue weighted by Crippen LogP contribution is -2.50. The highest BCUT2D eigenvalue weighted by atomic mass is 35.5. The minimum absolute atomic E-state index is 0.108. The maximum Gasteiger partial charge on any atom is 0.329 e. The van der Waals surface area contributed by atoms with Gasteiger partial charge >= 0.3 is 6.03 Å². The van der Waals surface area contributed by atoms with Crippen molar-refractivity contribution in [2.24, 2.45) is 16.8 Å². The third-order valence-corrected chi connectivity index (χ3v) is 7.05. The number of rotatable bonds is 4. The molecule has 0 saturated carbocycles. The van der Waals surface area contributed by atoms with E-state index in [1.54, 1.807) is 11.0 Å². The van der Waals surface area contributed by atoms with Crippen molar-refractivity contribution in [3.8, 4) is 0 Å². The number of hydrogen-bond donors (Lipinski definition) is 1. The van der Waals surface area contributed by atoms with Crippen molar-refractivity contribution in [2.75, 3.05) is 33.0 Å². The second-order valence-electron chi connectivity index (χ2n) is 8.86. The monoisotopic (exact) mass is 447 g/mol. The van der Waals surface area contributed by atoms with Gasteiger partial charge in [-0.1, -0.05) is 18.5 Å². The number of nitrogens with zero attached hydrogens (tertiary/aromatic N) is 4. The van der Waals surface area contributed by atoms with Crippen LogP contribution in [0.25, 0.3) is 0 Å². The molecule has 4 heterocycles. The summed E-state index contributed by atoms with van der Waals surface area (Å²) in [5, 5.41) is 3.59. The van der Waals surface area contributed by atoms with Crippen molar-refractivity contribution < 1.29 is 13.9 Å². The van der Waals surface area contributed by atoms with Gasteiger partial charge in [0.15, 0.2) is 5.82 Å². The molecule has 7 nitrogen and oxygen atoms in total. The van der Waals surface area contributed by atoms with Gasteiger partial charge in [0.05, 0.1) is 0 Å². The Morgan fingerprint density at radius 3 is 2.90 bits per heavy atom. The number of hydrogen-bond acceptors (Lipinski definition) is 5. The lowest BCUT2D eigenvalue weighted by molar-refractivity contribution is 0.0459. The van der Waals surface area contributed by atoms with Crippen LogP contribution < -0.4 is 5.32 Å². The number of carbonyl (C=O) groups is 1. The molecule has 0 radical (unpaired) electrons. The topological polar surface area (TPSA) is 60.4 Å². The zero-order valence-electron chi connectivity index (χ0n) is 17.6. The van der Waals surface area contributed by atoms with Gasteiger partial charge in [-0.15, -0.1) is 0 Å². The van der Waals surface area contributed by atoms with E-state index in [2.05, 4.69) is 22.0 Å². The number of benzene rings is 1. The summed E-state index contributed by atoms with van der Waals surface area (Å²) in [6, 6.07) is 4.73. The highest BCUT2D eigenvalue weighted by Gasteiger charge is 2.40. The summed E-state index contributed by atoms with van der Waals surface area (Å²) < 4.78 is 19.1. The Hall–Kier alpha value is -2.16. The molecule has 9 heteroatoms. The maximum atomic E-state index is 13.6. The summed E-state index contributed by atoms with van der Waals surface area (Å²) in [5.41, 5.74) is 0.779. The summed E-state index contributed by atoms with van der Waals surface area (Å²) in [7, 11) is 0. The quantitative estimate of drug-likeness (QED) is 0.769. The molecule has 2 amide bonds. The Balaban J connectivity index is 1.30. The fourth-order valence-electron chi connectivity index (χ4n) is 4.95. The molecule has 0 aliphatic carbocycles. The molecule has 5 rings (SSSR count). The number of halogens is 2. The molecule has 1 aromatic rings. The molecular formula is C22H27ClFN5O2. The average molecular weight is 448 g/mol. The van der Waals surface area contributed by atoms with Crippen LogP contribution in [0.2, 0.25) is 5.02 Å². The molecule has 2 atom stereocenters. The standard InChI is InChI=1S/C22H27ClFN5O2/c1-14-9-27(10-15-8-16(24)2-3-19(15)23)11-18(14)21-25-20-12-28(13-29(20)22(30)26-21)17-4-6-31-7-5-17/h2-3,8,12,14,17-18H,4-7,9-11,13H2,1H3,(H,25,26,30). The number of fused-ring (bicyclic) bond motifs is 1. The molecule has 2 unspecified atom stereocenters. The number of likely N-dealkylation sites (tertiary alicyclic amines) is 1. The van der Waals surface area contributed by atoms with Crippen molar-refractivity contribution in [1.29, 1.82) is 0 Å². The van der Waals surface area contributed by atoms with E-state index in [1.807, 2.05) is 6.20 Å². The number of urea groups is 1. The molecule has 0 spiro atoms. The number of aliphatic imine (C=N–C) groups is 1. The van der Waals surface area contributed by atoms with E-state index in [1.165, 1.54) is 12.1 Å². The van der Waals surface area contributed by atoms with Gasteiger partial charge in [-0.3, -0.25) is 15.1 Å². The molecule has 0 bridgehead atoms. The van der Waals surface area contributed by atoms with Gasteiger partial charge in [0.1, 0.15) is 18.3 Å². The first-order valence-corrected chi connectivity index (χ1v) is 11.2. The minimum atomic E-state index is -0.283. The Kier molecular flexibility index (Phi) is 5.62. The van der Waals surface area contributed by atoms with Gasteiger partial charge in [0, 0.05) is 56.0 Å². The van der Waals surface area contributed by atoms with E-state index in [9.17, 15) is 9.18 Å². The normalized spacial score (nSPS) is 27.3. The van der Waals surface area contributed by atoms with Crippen molar-refractivity contribution in [3.05, 3.63) is 46.6 Å². The van der Waals surface area contributed by atoms with E-state index >= 15 is 0 Å². The molecule has 0 aromatic heterocycles. The van der Waals surface area contributed by atoms with Crippen LogP contribution in [0.3, 0.4) is 0 Å². The maximum absolute atomic E-state index is 13.6. The molecular weight excluding hydrogens is 421 g/mol. The summed E-state index contributed by atoms with van der Waals surface area (Å²) in [6.07, 6.45) is 3.94. The van der Waals surface area contributed by atoms with Crippen LogP contribution in [0.1, 0.15) is 25.3 Å². The number of amides is 2. The van der Waals surface area contributed by atoms with Gasteiger partial charge in [-0.2, -0.15) is 0 Å². The molecule has 2 saturated heterocycles. The summed E-state index contributed by atoms with van der Waals surface area (Å²) in [4.78, 5) is 23.8. The first-order chi connectivity index (χ1) is 15.0. The number of amidine groups is 1. The minimum Gasteiger partial charge on any atom is -0.381 e. The molecule has 4 aliphatic rings. The molecule has 1 N–H and O–H groups in total. The van der Waals surface area contributed by atoms with Crippen LogP contribution in [0.15, 0.2) is 35.2 Å². The van der Waals surface area contributed by atoms with Crippen LogP contribution >= 0.6 is 11.6 Å². The van der Waals surface area contributed by atoms with Gasteiger partial charge in [0.2, 0.25) is 0 Å². The van der Waals surface area contributed by atoms with Gasteiger partial charge in [-0.25, -0.2) is 14.2 Å². The third kappa shape index (κ3) is 4.16.